The first-order valence-corrected chi connectivity index (χ1v) is 11.9. The Bertz CT molecular complexity index is 1460. The molecular weight excluding hydrogens is 560 g/mol. The fourth-order valence-corrected chi connectivity index (χ4v) is 3.88. The highest BCUT2D eigenvalue weighted by Crippen LogP contribution is 2.38. The van der Waals surface area contributed by atoms with Crippen molar-refractivity contribution in [2.24, 2.45) is 0 Å². The molecule has 0 radical (unpaired) electrons. The van der Waals surface area contributed by atoms with Crippen LogP contribution in [-0.2, 0) is 11.4 Å². The Kier molecular flexibility index (Phi) is 9.13. The maximum Gasteiger partial charge on any atom is 0.271 e. The van der Waals surface area contributed by atoms with Gasteiger partial charge in [-0.1, -0.05) is 6.07 Å². The summed E-state index contributed by atoms with van der Waals surface area (Å²) < 4.78 is 12.1. The van der Waals surface area contributed by atoms with Crippen molar-refractivity contribution in [2.45, 2.75) is 20.5 Å². The van der Waals surface area contributed by atoms with Crippen molar-refractivity contribution in [3.63, 3.8) is 0 Å². The predicted octanol–water partition coefficient (Wildman–Crippen LogP) is 6.10. The molecule has 12 heteroatoms. The monoisotopic (exact) mass is 580 g/mol. The van der Waals surface area contributed by atoms with Crippen molar-refractivity contribution < 1.29 is 24.1 Å². The number of rotatable bonds is 10. The van der Waals surface area contributed by atoms with Gasteiger partial charge in [0, 0.05) is 24.3 Å². The van der Waals surface area contributed by atoms with E-state index in [2.05, 4.69) is 21.2 Å². The van der Waals surface area contributed by atoms with Gasteiger partial charge in [-0.05, 0) is 76.8 Å². The molecule has 11 nitrogen and oxygen atoms in total. The fraction of sp³-hybridized carbons (Fsp3) is 0.154. The maximum absolute atomic E-state index is 12.8. The van der Waals surface area contributed by atoms with Crippen molar-refractivity contribution in [1.82, 2.24) is 0 Å². The van der Waals surface area contributed by atoms with Gasteiger partial charge in [-0.2, -0.15) is 5.26 Å². The lowest BCUT2D eigenvalue weighted by Gasteiger charge is -2.15. The number of hydrogen-bond donors (Lipinski definition) is 1. The number of nitriles is 1. The zero-order chi connectivity index (χ0) is 27.8. The first-order chi connectivity index (χ1) is 18.1. The van der Waals surface area contributed by atoms with Crippen molar-refractivity contribution >= 4 is 45.0 Å². The van der Waals surface area contributed by atoms with Crippen LogP contribution < -0.4 is 14.8 Å². The summed E-state index contributed by atoms with van der Waals surface area (Å²) in [6.45, 7) is 3.88. The Labute approximate surface area is 225 Å². The summed E-state index contributed by atoms with van der Waals surface area (Å²) in [4.78, 5) is 33.6. The van der Waals surface area contributed by atoms with Crippen LogP contribution >= 0.6 is 15.9 Å². The van der Waals surface area contributed by atoms with Gasteiger partial charge >= 0.3 is 0 Å². The van der Waals surface area contributed by atoms with E-state index in [-0.39, 0.29) is 29.2 Å². The third kappa shape index (κ3) is 6.92. The number of carbonyl (C=O) groups excluding carboxylic acids is 1. The highest BCUT2D eigenvalue weighted by Gasteiger charge is 2.17. The molecule has 0 aliphatic carbocycles. The third-order valence-electron chi connectivity index (χ3n) is 5.22. The van der Waals surface area contributed by atoms with E-state index in [9.17, 15) is 30.3 Å². The maximum atomic E-state index is 12.8. The second-order valence-corrected chi connectivity index (χ2v) is 8.71. The first-order valence-electron chi connectivity index (χ1n) is 11.1. The van der Waals surface area contributed by atoms with Crippen LogP contribution in [0.4, 0.5) is 17.1 Å². The summed E-state index contributed by atoms with van der Waals surface area (Å²) in [7, 11) is 0. The van der Waals surface area contributed by atoms with Gasteiger partial charge in [-0.15, -0.1) is 0 Å². The molecule has 0 bridgehead atoms. The van der Waals surface area contributed by atoms with Crippen LogP contribution in [0.15, 0.2) is 64.6 Å². The molecule has 0 saturated carbocycles. The molecule has 1 amide bonds. The average Bonchev–Trinajstić information content (AvgIpc) is 2.88. The number of anilines is 1. The lowest BCUT2D eigenvalue weighted by Crippen LogP contribution is -2.14. The molecule has 194 valence electrons. The topological polar surface area (TPSA) is 158 Å². The number of benzene rings is 3. The van der Waals surface area contributed by atoms with Crippen LogP contribution in [0.25, 0.3) is 6.08 Å². The van der Waals surface area contributed by atoms with E-state index >= 15 is 0 Å². The summed E-state index contributed by atoms with van der Waals surface area (Å²) in [6.07, 6.45) is 1.36. The van der Waals surface area contributed by atoms with Gasteiger partial charge in [0.05, 0.1) is 26.6 Å². The van der Waals surface area contributed by atoms with Crippen LogP contribution in [0.2, 0.25) is 0 Å². The van der Waals surface area contributed by atoms with Crippen molar-refractivity contribution in [2.75, 3.05) is 11.9 Å². The number of aryl methyl sites for hydroxylation is 1. The molecule has 3 rings (SSSR count). The lowest BCUT2D eigenvalue weighted by molar-refractivity contribution is -0.385. The van der Waals surface area contributed by atoms with Crippen molar-refractivity contribution in [1.29, 1.82) is 5.26 Å². The van der Waals surface area contributed by atoms with Gasteiger partial charge in [0.15, 0.2) is 11.5 Å². The Balaban J connectivity index is 1.85. The van der Waals surface area contributed by atoms with Gasteiger partial charge in [-0.25, -0.2) is 0 Å². The smallest absolute Gasteiger partial charge is 0.271 e. The van der Waals surface area contributed by atoms with Gasteiger partial charge in [0.2, 0.25) is 0 Å². The minimum Gasteiger partial charge on any atom is -0.490 e. The van der Waals surface area contributed by atoms with Crippen molar-refractivity contribution in [3.8, 4) is 17.6 Å². The fourth-order valence-electron chi connectivity index (χ4n) is 3.31. The average molecular weight is 581 g/mol. The largest absolute Gasteiger partial charge is 0.490 e. The van der Waals surface area contributed by atoms with Crippen LogP contribution in [0, 0.1) is 38.5 Å². The van der Waals surface area contributed by atoms with E-state index in [0.29, 0.717) is 39.3 Å². The second-order valence-electron chi connectivity index (χ2n) is 7.86. The van der Waals surface area contributed by atoms with Crippen LogP contribution in [-0.4, -0.2) is 22.4 Å². The number of nitrogens with zero attached hydrogens (tertiary/aromatic N) is 3. The molecule has 0 atom stereocenters. The number of ether oxygens (including phenoxy) is 2. The minimum atomic E-state index is -0.733. The SMILES string of the molecule is CCOc1cc(/C=C(\C#N)C(=O)Nc2cc([N+](=O)[O-])ccc2C)cc(Br)c1OCc1ccc([N+](=O)[O-])cc1. The third-order valence-corrected chi connectivity index (χ3v) is 5.81. The van der Waals surface area contributed by atoms with E-state index in [1.54, 1.807) is 38.1 Å². The Morgan fingerprint density at radius 2 is 1.71 bits per heavy atom. The Morgan fingerprint density at radius 3 is 2.32 bits per heavy atom. The van der Waals surface area contributed by atoms with Gasteiger partial charge in [-0.3, -0.25) is 25.0 Å². The normalized spacial score (nSPS) is 10.8. The molecule has 0 heterocycles. The van der Waals surface area contributed by atoms with Gasteiger partial charge in [0.1, 0.15) is 18.2 Å². The summed E-state index contributed by atoms with van der Waals surface area (Å²) >= 11 is 3.44. The van der Waals surface area contributed by atoms with Gasteiger partial charge in [0.25, 0.3) is 17.3 Å². The zero-order valence-corrected chi connectivity index (χ0v) is 21.9. The molecule has 1 N–H and O–H groups in total. The zero-order valence-electron chi connectivity index (χ0n) is 20.3. The molecule has 0 aliphatic rings. The molecule has 3 aromatic rings. The number of nitrogens with one attached hydrogen (secondary N) is 1. The summed E-state index contributed by atoms with van der Waals surface area (Å²) in [6, 6.07) is 15.1. The van der Waals surface area contributed by atoms with E-state index in [1.165, 1.54) is 36.4 Å². The Hall–Kier alpha value is -4.76. The standard InChI is InChI=1S/C26H21BrN4O7/c1-3-37-24-12-18(11-22(27)25(24)38-15-17-5-8-20(9-6-17)30(33)34)10-19(14-28)26(32)29-23-13-21(31(35)36)7-4-16(23)2/h4-13H,3,15H2,1-2H3,(H,29,32)/b19-10+. The summed E-state index contributed by atoms with van der Waals surface area (Å²) in [5.41, 5.74) is 1.53. The number of non-ortho nitro benzene ring substituents is 2. The molecule has 0 aromatic heterocycles. The second kappa shape index (κ2) is 12.5. The number of hydrogen-bond acceptors (Lipinski definition) is 8. The van der Waals surface area contributed by atoms with E-state index in [0.717, 1.165) is 0 Å². The number of carbonyl (C=O) groups is 1. The van der Waals surface area contributed by atoms with E-state index in [4.69, 9.17) is 9.47 Å². The Morgan fingerprint density at radius 1 is 1.05 bits per heavy atom. The number of amides is 1. The summed E-state index contributed by atoms with van der Waals surface area (Å²) in [5, 5.41) is 34.1. The van der Waals surface area contributed by atoms with Crippen LogP contribution in [0.5, 0.6) is 11.5 Å². The molecule has 0 fully saturated rings. The lowest BCUT2D eigenvalue weighted by atomic mass is 10.1. The molecule has 0 saturated heterocycles. The number of nitro benzene ring substituents is 2. The summed E-state index contributed by atoms with van der Waals surface area (Å²) in [5.74, 6) is -0.0107. The van der Waals surface area contributed by atoms with Gasteiger partial charge < -0.3 is 14.8 Å². The van der Waals surface area contributed by atoms with Crippen molar-refractivity contribution in [3.05, 3.63) is 102 Å². The predicted molar refractivity (Wildman–Crippen MR) is 143 cm³/mol. The molecule has 0 aliphatic heterocycles. The first kappa shape index (κ1) is 27.8. The number of halogens is 1. The van der Waals surface area contributed by atoms with E-state index in [1.807, 2.05) is 6.07 Å². The molecule has 38 heavy (non-hydrogen) atoms. The van der Waals surface area contributed by atoms with Crippen LogP contribution in [0.3, 0.4) is 0 Å². The van der Waals surface area contributed by atoms with E-state index < -0.39 is 15.8 Å². The molecular formula is C26H21BrN4O7. The quantitative estimate of drug-likeness (QED) is 0.130. The minimum absolute atomic E-state index is 0.0286. The highest BCUT2D eigenvalue weighted by atomic mass is 79.9. The van der Waals surface area contributed by atoms with Crippen LogP contribution in [0.1, 0.15) is 23.6 Å². The molecule has 0 spiro atoms. The molecule has 0 unspecified atom stereocenters. The highest BCUT2D eigenvalue weighted by molar-refractivity contribution is 9.10. The number of nitro groups is 2. The molecule has 3 aromatic carbocycles.